The van der Waals surface area contributed by atoms with Crippen molar-refractivity contribution in [3.05, 3.63) is 23.2 Å². The Kier molecular flexibility index (Phi) is 5.22. The highest BCUT2D eigenvalue weighted by atomic mass is 35.5. The topological polar surface area (TPSA) is 33.3 Å². The molecule has 1 aromatic rings. The summed E-state index contributed by atoms with van der Waals surface area (Å²) in [6.45, 7) is 0.112. The van der Waals surface area contributed by atoms with Crippen LogP contribution in [0.1, 0.15) is 12.8 Å². The van der Waals surface area contributed by atoms with Gasteiger partial charge in [0.25, 0.3) is 0 Å². The van der Waals surface area contributed by atoms with Crippen LogP contribution in [0.3, 0.4) is 0 Å². The number of piperidine rings is 1. The molecule has 0 bridgehead atoms. The number of ether oxygens (including phenoxy) is 1. The lowest BCUT2D eigenvalue weighted by Gasteiger charge is -2.23. The van der Waals surface area contributed by atoms with Crippen LogP contribution in [0, 0.1) is 5.92 Å². The predicted octanol–water partition coefficient (Wildman–Crippen LogP) is 3.35. The van der Waals surface area contributed by atoms with Crippen LogP contribution in [0.5, 0.6) is 5.75 Å². The van der Waals surface area contributed by atoms with Crippen molar-refractivity contribution in [2.75, 3.05) is 25.0 Å². The van der Waals surface area contributed by atoms with Gasteiger partial charge in [0.05, 0.1) is 5.02 Å². The van der Waals surface area contributed by atoms with E-state index in [1.165, 1.54) is 6.07 Å². The molecule has 1 saturated heterocycles. The van der Waals surface area contributed by atoms with Gasteiger partial charge in [-0.25, -0.2) is 0 Å². The smallest absolute Gasteiger partial charge is 0.387 e. The predicted molar refractivity (Wildman–Crippen MR) is 72.2 cm³/mol. The Balaban J connectivity index is 1.88. The molecule has 6 heteroatoms. The van der Waals surface area contributed by atoms with E-state index in [9.17, 15) is 8.78 Å². The summed E-state index contributed by atoms with van der Waals surface area (Å²) < 4.78 is 28.5. The molecule has 106 valence electrons. The molecule has 19 heavy (non-hydrogen) atoms. The zero-order chi connectivity index (χ0) is 13.7. The lowest BCUT2D eigenvalue weighted by Crippen LogP contribution is -2.31. The second kappa shape index (κ2) is 6.91. The first-order chi connectivity index (χ1) is 9.15. The molecule has 1 aromatic carbocycles. The van der Waals surface area contributed by atoms with Crippen molar-refractivity contribution in [3.63, 3.8) is 0 Å². The molecule has 1 heterocycles. The second-order valence-corrected chi connectivity index (χ2v) is 5.01. The molecule has 1 aliphatic heterocycles. The van der Waals surface area contributed by atoms with Gasteiger partial charge in [0.15, 0.2) is 0 Å². The number of nitrogens with one attached hydrogen (secondary N) is 2. The van der Waals surface area contributed by atoms with E-state index in [0.29, 0.717) is 5.92 Å². The molecule has 0 saturated carbocycles. The van der Waals surface area contributed by atoms with E-state index in [0.717, 1.165) is 38.2 Å². The number of benzene rings is 1. The molecule has 3 nitrogen and oxygen atoms in total. The second-order valence-electron chi connectivity index (χ2n) is 4.60. The maximum atomic E-state index is 12.1. The molecule has 0 unspecified atom stereocenters. The minimum atomic E-state index is -2.86. The van der Waals surface area contributed by atoms with Gasteiger partial charge < -0.3 is 15.4 Å². The van der Waals surface area contributed by atoms with E-state index in [4.69, 9.17) is 11.6 Å². The number of alkyl halides is 2. The summed E-state index contributed by atoms with van der Waals surface area (Å²) >= 11 is 5.89. The number of halogens is 3. The van der Waals surface area contributed by atoms with Crippen molar-refractivity contribution >= 4 is 17.3 Å². The van der Waals surface area contributed by atoms with E-state index >= 15 is 0 Å². The van der Waals surface area contributed by atoms with Gasteiger partial charge in [-0.1, -0.05) is 11.6 Å². The van der Waals surface area contributed by atoms with E-state index in [-0.39, 0.29) is 10.8 Å². The summed E-state index contributed by atoms with van der Waals surface area (Å²) in [5, 5.41) is 6.78. The molecular weight excluding hydrogens is 274 g/mol. The Hall–Kier alpha value is -1.07. The number of anilines is 1. The maximum Gasteiger partial charge on any atom is 0.387 e. The van der Waals surface area contributed by atoms with Gasteiger partial charge in [0.1, 0.15) is 5.75 Å². The van der Waals surface area contributed by atoms with Crippen molar-refractivity contribution in [3.8, 4) is 5.75 Å². The summed E-state index contributed by atoms with van der Waals surface area (Å²) in [6.07, 6.45) is 2.29. The van der Waals surface area contributed by atoms with Crippen molar-refractivity contribution in [2.24, 2.45) is 5.92 Å². The molecule has 0 atom stereocenters. The number of rotatable bonds is 5. The van der Waals surface area contributed by atoms with Crippen LogP contribution < -0.4 is 15.4 Å². The fourth-order valence-electron chi connectivity index (χ4n) is 2.15. The Morgan fingerprint density at radius 3 is 2.74 bits per heavy atom. The SMILES string of the molecule is FC(F)Oc1ccc(NCC2CCNCC2)cc1Cl. The summed E-state index contributed by atoms with van der Waals surface area (Å²) in [5.41, 5.74) is 0.824. The van der Waals surface area contributed by atoms with Crippen LogP contribution in [-0.2, 0) is 0 Å². The summed E-state index contributed by atoms with van der Waals surface area (Å²) in [4.78, 5) is 0. The van der Waals surface area contributed by atoms with Gasteiger partial charge in [-0.15, -0.1) is 0 Å². The minimum absolute atomic E-state index is 0.00378. The van der Waals surface area contributed by atoms with Crippen LogP contribution in [-0.4, -0.2) is 26.2 Å². The van der Waals surface area contributed by atoms with E-state index in [1.54, 1.807) is 12.1 Å². The Morgan fingerprint density at radius 1 is 1.37 bits per heavy atom. The molecule has 1 aliphatic rings. The van der Waals surface area contributed by atoms with Gasteiger partial charge in [-0.05, 0) is 50.0 Å². The van der Waals surface area contributed by atoms with Crippen molar-refractivity contribution in [1.82, 2.24) is 5.32 Å². The summed E-state index contributed by atoms with van der Waals surface area (Å²) in [5.74, 6) is 0.640. The van der Waals surface area contributed by atoms with Crippen LogP contribution in [0.25, 0.3) is 0 Å². The number of hydrogen-bond acceptors (Lipinski definition) is 3. The van der Waals surface area contributed by atoms with Gasteiger partial charge in [-0.3, -0.25) is 0 Å². The van der Waals surface area contributed by atoms with E-state index < -0.39 is 6.61 Å². The van der Waals surface area contributed by atoms with Crippen LogP contribution in [0.15, 0.2) is 18.2 Å². The number of hydrogen-bond donors (Lipinski definition) is 2. The molecule has 0 amide bonds. The maximum absolute atomic E-state index is 12.1. The average molecular weight is 291 g/mol. The first-order valence-corrected chi connectivity index (χ1v) is 6.72. The fraction of sp³-hybridized carbons (Fsp3) is 0.538. The molecule has 0 aliphatic carbocycles. The lowest BCUT2D eigenvalue weighted by atomic mass is 9.98. The van der Waals surface area contributed by atoms with Crippen molar-refractivity contribution < 1.29 is 13.5 Å². The third-order valence-electron chi connectivity index (χ3n) is 3.20. The summed E-state index contributed by atoms with van der Waals surface area (Å²) in [7, 11) is 0. The first kappa shape index (κ1) is 14.3. The zero-order valence-corrected chi connectivity index (χ0v) is 11.2. The molecule has 2 N–H and O–H groups in total. The normalized spacial score (nSPS) is 16.6. The Morgan fingerprint density at radius 2 is 2.11 bits per heavy atom. The molecule has 2 rings (SSSR count). The monoisotopic (exact) mass is 290 g/mol. The van der Waals surface area contributed by atoms with Gasteiger partial charge in [0, 0.05) is 12.2 Å². The highest BCUT2D eigenvalue weighted by Crippen LogP contribution is 2.29. The summed E-state index contributed by atoms with van der Waals surface area (Å²) in [6, 6.07) is 4.77. The fourth-order valence-corrected chi connectivity index (χ4v) is 2.38. The van der Waals surface area contributed by atoms with Gasteiger partial charge in [0.2, 0.25) is 0 Å². The van der Waals surface area contributed by atoms with Gasteiger partial charge in [-0.2, -0.15) is 8.78 Å². The third kappa shape index (κ3) is 4.51. The quantitative estimate of drug-likeness (QED) is 0.872. The Labute approximate surface area is 116 Å². The van der Waals surface area contributed by atoms with E-state index in [1.807, 2.05) is 0 Å². The van der Waals surface area contributed by atoms with Crippen molar-refractivity contribution in [2.45, 2.75) is 19.5 Å². The molecule has 0 radical (unpaired) electrons. The Bertz CT molecular complexity index is 412. The van der Waals surface area contributed by atoms with E-state index in [2.05, 4.69) is 15.4 Å². The molecule has 0 aromatic heterocycles. The lowest BCUT2D eigenvalue weighted by molar-refractivity contribution is -0.0497. The van der Waals surface area contributed by atoms with Crippen LogP contribution in [0.2, 0.25) is 5.02 Å². The highest BCUT2D eigenvalue weighted by Gasteiger charge is 2.13. The molecule has 0 spiro atoms. The average Bonchev–Trinajstić information content (AvgIpc) is 2.40. The van der Waals surface area contributed by atoms with Crippen LogP contribution >= 0.6 is 11.6 Å². The zero-order valence-electron chi connectivity index (χ0n) is 10.5. The van der Waals surface area contributed by atoms with Crippen molar-refractivity contribution in [1.29, 1.82) is 0 Å². The third-order valence-corrected chi connectivity index (χ3v) is 3.50. The minimum Gasteiger partial charge on any atom is -0.433 e. The highest BCUT2D eigenvalue weighted by molar-refractivity contribution is 6.32. The van der Waals surface area contributed by atoms with Gasteiger partial charge >= 0.3 is 6.61 Å². The van der Waals surface area contributed by atoms with Crippen LogP contribution in [0.4, 0.5) is 14.5 Å². The molecular formula is C13H17ClF2N2O. The largest absolute Gasteiger partial charge is 0.433 e. The standard InChI is InChI=1S/C13H17ClF2N2O/c14-11-7-10(1-2-12(11)19-13(15)16)18-8-9-3-5-17-6-4-9/h1-2,7,9,13,17-18H,3-6,8H2. The first-order valence-electron chi connectivity index (χ1n) is 6.34. The molecule has 1 fully saturated rings.